The van der Waals surface area contributed by atoms with Crippen molar-refractivity contribution in [3.8, 4) is 0 Å². The SMILES string of the molecule is CN(CC(=O)N(CCC(N)=O)c1ccccc1)Cc1ccc(Br)cc1. The highest BCUT2D eigenvalue weighted by molar-refractivity contribution is 9.10. The van der Waals surface area contributed by atoms with Crippen LogP contribution in [0.15, 0.2) is 59.1 Å². The first-order valence-electron chi connectivity index (χ1n) is 8.02. The maximum atomic E-state index is 12.7. The van der Waals surface area contributed by atoms with E-state index < -0.39 is 5.91 Å². The van der Waals surface area contributed by atoms with Crippen LogP contribution in [0.2, 0.25) is 0 Å². The maximum Gasteiger partial charge on any atom is 0.241 e. The fourth-order valence-corrected chi connectivity index (χ4v) is 2.77. The second-order valence-electron chi connectivity index (χ2n) is 5.90. The van der Waals surface area contributed by atoms with Gasteiger partial charge in [-0.05, 0) is 36.9 Å². The summed E-state index contributed by atoms with van der Waals surface area (Å²) in [6, 6.07) is 17.3. The number of anilines is 1. The summed E-state index contributed by atoms with van der Waals surface area (Å²) in [5.41, 5.74) is 7.14. The number of halogens is 1. The van der Waals surface area contributed by atoms with Crippen LogP contribution in [-0.4, -0.2) is 36.9 Å². The van der Waals surface area contributed by atoms with Crippen LogP contribution in [0.25, 0.3) is 0 Å². The molecule has 6 heteroatoms. The summed E-state index contributed by atoms with van der Waals surface area (Å²) in [6.07, 6.45) is 0.136. The van der Waals surface area contributed by atoms with E-state index in [1.165, 1.54) is 0 Å². The molecule has 2 aromatic rings. The Balaban J connectivity index is 2.02. The Labute approximate surface area is 156 Å². The Kier molecular flexibility index (Phi) is 7.16. The van der Waals surface area contributed by atoms with Crippen LogP contribution in [-0.2, 0) is 16.1 Å². The van der Waals surface area contributed by atoms with Crippen LogP contribution in [0.5, 0.6) is 0 Å². The molecule has 0 spiro atoms. The van der Waals surface area contributed by atoms with Gasteiger partial charge in [-0.15, -0.1) is 0 Å². The Morgan fingerprint density at radius 1 is 1.04 bits per heavy atom. The van der Waals surface area contributed by atoms with E-state index in [9.17, 15) is 9.59 Å². The van der Waals surface area contributed by atoms with Crippen molar-refractivity contribution in [2.75, 3.05) is 25.0 Å². The summed E-state index contributed by atoms with van der Waals surface area (Å²) >= 11 is 3.41. The van der Waals surface area contributed by atoms with Crippen molar-refractivity contribution < 1.29 is 9.59 Å². The van der Waals surface area contributed by atoms with Crippen molar-refractivity contribution in [3.63, 3.8) is 0 Å². The molecule has 2 N–H and O–H groups in total. The lowest BCUT2D eigenvalue weighted by atomic mass is 10.2. The molecule has 0 atom stereocenters. The molecule has 0 bridgehead atoms. The molecule has 25 heavy (non-hydrogen) atoms. The number of hydrogen-bond acceptors (Lipinski definition) is 3. The molecule has 0 aliphatic heterocycles. The van der Waals surface area contributed by atoms with E-state index in [2.05, 4.69) is 15.9 Å². The molecule has 0 aliphatic carbocycles. The fraction of sp³-hybridized carbons (Fsp3) is 0.263. The number of para-hydroxylation sites is 1. The largest absolute Gasteiger partial charge is 0.370 e. The molecular weight excluding hydrogens is 382 g/mol. The fourth-order valence-electron chi connectivity index (χ4n) is 2.50. The predicted molar refractivity (Wildman–Crippen MR) is 103 cm³/mol. The Morgan fingerprint density at radius 3 is 2.28 bits per heavy atom. The highest BCUT2D eigenvalue weighted by atomic mass is 79.9. The normalized spacial score (nSPS) is 10.7. The lowest BCUT2D eigenvalue weighted by molar-refractivity contribution is -0.119. The summed E-state index contributed by atoms with van der Waals surface area (Å²) in [5, 5.41) is 0. The van der Waals surface area contributed by atoms with Gasteiger partial charge in [-0.1, -0.05) is 46.3 Å². The topological polar surface area (TPSA) is 66.6 Å². The molecule has 5 nitrogen and oxygen atoms in total. The summed E-state index contributed by atoms with van der Waals surface area (Å²) < 4.78 is 1.02. The Bertz CT molecular complexity index is 704. The summed E-state index contributed by atoms with van der Waals surface area (Å²) in [6.45, 7) is 1.20. The monoisotopic (exact) mass is 403 g/mol. The zero-order valence-electron chi connectivity index (χ0n) is 14.2. The number of benzene rings is 2. The molecule has 0 radical (unpaired) electrons. The zero-order chi connectivity index (χ0) is 18.2. The smallest absolute Gasteiger partial charge is 0.241 e. The van der Waals surface area contributed by atoms with E-state index in [1.807, 2.05) is 66.5 Å². The van der Waals surface area contributed by atoms with E-state index in [0.717, 1.165) is 15.7 Å². The van der Waals surface area contributed by atoms with Crippen molar-refractivity contribution in [3.05, 3.63) is 64.6 Å². The number of nitrogens with zero attached hydrogens (tertiary/aromatic N) is 2. The number of carbonyl (C=O) groups excluding carboxylic acids is 2. The average molecular weight is 404 g/mol. The highest BCUT2D eigenvalue weighted by Crippen LogP contribution is 2.15. The number of nitrogens with two attached hydrogens (primary N) is 1. The predicted octanol–water partition coefficient (Wildman–Crippen LogP) is 2.79. The van der Waals surface area contributed by atoms with Gasteiger partial charge in [-0.25, -0.2) is 0 Å². The van der Waals surface area contributed by atoms with E-state index >= 15 is 0 Å². The molecule has 0 aliphatic rings. The van der Waals surface area contributed by atoms with Crippen molar-refractivity contribution in [2.45, 2.75) is 13.0 Å². The number of amides is 2. The van der Waals surface area contributed by atoms with Crippen LogP contribution >= 0.6 is 15.9 Å². The van der Waals surface area contributed by atoms with Crippen molar-refractivity contribution >= 4 is 33.4 Å². The number of rotatable bonds is 8. The van der Waals surface area contributed by atoms with E-state index in [-0.39, 0.29) is 25.4 Å². The number of carbonyl (C=O) groups is 2. The van der Waals surface area contributed by atoms with E-state index in [0.29, 0.717) is 6.54 Å². The lowest BCUT2D eigenvalue weighted by Crippen LogP contribution is -2.40. The molecule has 132 valence electrons. The Hall–Kier alpha value is -2.18. The molecule has 0 aromatic heterocycles. The van der Waals surface area contributed by atoms with Gasteiger partial charge in [0.15, 0.2) is 0 Å². The second kappa shape index (κ2) is 9.34. The first-order valence-corrected chi connectivity index (χ1v) is 8.81. The van der Waals surface area contributed by atoms with Gasteiger partial charge in [-0.2, -0.15) is 0 Å². The van der Waals surface area contributed by atoms with Gasteiger partial charge < -0.3 is 10.6 Å². The van der Waals surface area contributed by atoms with Crippen LogP contribution in [0.3, 0.4) is 0 Å². The zero-order valence-corrected chi connectivity index (χ0v) is 15.8. The Morgan fingerprint density at radius 2 is 1.68 bits per heavy atom. The first-order chi connectivity index (χ1) is 12.0. The molecule has 0 heterocycles. The van der Waals surface area contributed by atoms with E-state index in [4.69, 9.17) is 5.73 Å². The molecule has 0 saturated heterocycles. The second-order valence-corrected chi connectivity index (χ2v) is 6.81. The lowest BCUT2D eigenvalue weighted by Gasteiger charge is -2.25. The van der Waals surface area contributed by atoms with Gasteiger partial charge in [0.25, 0.3) is 0 Å². The first kappa shape index (κ1) is 19.1. The third kappa shape index (κ3) is 6.32. The molecule has 2 rings (SSSR count). The van der Waals surface area contributed by atoms with Gasteiger partial charge >= 0.3 is 0 Å². The minimum absolute atomic E-state index is 0.0629. The molecular formula is C19H22BrN3O2. The average Bonchev–Trinajstić information content (AvgIpc) is 2.57. The van der Waals surface area contributed by atoms with Crippen molar-refractivity contribution in [2.24, 2.45) is 5.73 Å². The van der Waals surface area contributed by atoms with E-state index in [1.54, 1.807) is 4.90 Å². The quantitative estimate of drug-likeness (QED) is 0.736. The van der Waals surface area contributed by atoms with Crippen molar-refractivity contribution in [1.29, 1.82) is 0 Å². The van der Waals surface area contributed by atoms with Gasteiger partial charge in [0.1, 0.15) is 0 Å². The number of likely N-dealkylation sites (N-methyl/N-ethyl adjacent to an activating group) is 1. The standard InChI is InChI=1S/C19H22BrN3O2/c1-22(13-15-7-9-16(20)10-8-15)14-19(25)23(12-11-18(21)24)17-5-3-2-4-6-17/h2-10H,11-14H2,1H3,(H2,21,24). The summed E-state index contributed by atoms with van der Waals surface area (Å²) in [5.74, 6) is -0.482. The molecule has 2 amide bonds. The maximum absolute atomic E-state index is 12.7. The van der Waals surface area contributed by atoms with Crippen LogP contribution in [0.4, 0.5) is 5.69 Å². The van der Waals surface area contributed by atoms with Gasteiger partial charge in [-0.3, -0.25) is 14.5 Å². The van der Waals surface area contributed by atoms with Crippen LogP contribution in [0, 0.1) is 0 Å². The molecule has 0 fully saturated rings. The van der Waals surface area contributed by atoms with Crippen molar-refractivity contribution in [1.82, 2.24) is 4.90 Å². The molecule has 2 aromatic carbocycles. The third-order valence-corrected chi connectivity index (χ3v) is 4.25. The number of primary amides is 1. The van der Waals surface area contributed by atoms with Crippen LogP contribution < -0.4 is 10.6 Å². The highest BCUT2D eigenvalue weighted by Gasteiger charge is 2.18. The summed E-state index contributed by atoms with van der Waals surface area (Å²) in [7, 11) is 1.90. The third-order valence-electron chi connectivity index (χ3n) is 3.72. The number of hydrogen-bond donors (Lipinski definition) is 1. The van der Waals surface area contributed by atoms with Crippen LogP contribution in [0.1, 0.15) is 12.0 Å². The molecule has 0 unspecified atom stereocenters. The molecule has 0 saturated carbocycles. The van der Waals surface area contributed by atoms with Gasteiger partial charge in [0, 0.05) is 29.7 Å². The summed E-state index contributed by atoms with van der Waals surface area (Å²) in [4.78, 5) is 27.4. The minimum Gasteiger partial charge on any atom is -0.370 e. The van der Waals surface area contributed by atoms with Gasteiger partial charge in [0.2, 0.25) is 11.8 Å². The minimum atomic E-state index is -0.419. The van der Waals surface area contributed by atoms with Gasteiger partial charge in [0.05, 0.1) is 6.54 Å².